The van der Waals surface area contributed by atoms with E-state index in [2.05, 4.69) is 15.1 Å². The molecular weight excluding hydrogens is 328 g/mol. The molecule has 2 amide bonds. The number of rotatable bonds is 7. The molecule has 1 saturated carbocycles. The van der Waals surface area contributed by atoms with Crippen molar-refractivity contribution in [3.05, 3.63) is 35.9 Å². The molecule has 1 N–H and O–H groups in total. The topological polar surface area (TPSA) is 55.9 Å². The molecule has 0 radical (unpaired) electrons. The zero-order chi connectivity index (χ0) is 18.5. The Morgan fingerprint density at radius 1 is 1.15 bits per heavy atom. The van der Waals surface area contributed by atoms with Crippen molar-refractivity contribution in [1.29, 1.82) is 0 Å². The third-order valence-electron chi connectivity index (χ3n) is 5.26. The molecule has 1 unspecified atom stereocenters. The van der Waals surface area contributed by atoms with Crippen LogP contribution in [0.4, 0.5) is 0 Å². The molecule has 6 heteroatoms. The zero-order valence-electron chi connectivity index (χ0n) is 15.9. The minimum atomic E-state index is -0.133. The van der Waals surface area contributed by atoms with Gasteiger partial charge in [0.25, 0.3) is 0 Å². The normalized spacial score (nSPS) is 19.8. The van der Waals surface area contributed by atoms with Crippen LogP contribution >= 0.6 is 0 Å². The molecule has 3 rings (SSSR count). The van der Waals surface area contributed by atoms with Gasteiger partial charge in [-0.25, -0.2) is 0 Å². The first kappa shape index (κ1) is 18.9. The monoisotopic (exact) mass is 358 g/mol. The molecule has 0 bridgehead atoms. The molecule has 1 atom stereocenters. The summed E-state index contributed by atoms with van der Waals surface area (Å²) < 4.78 is 0. The van der Waals surface area contributed by atoms with Crippen molar-refractivity contribution < 1.29 is 9.59 Å². The van der Waals surface area contributed by atoms with Gasteiger partial charge >= 0.3 is 0 Å². The van der Waals surface area contributed by atoms with Crippen LogP contribution in [0, 0.1) is 0 Å². The summed E-state index contributed by atoms with van der Waals surface area (Å²) in [5.41, 5.74) is 1.14. The summed E-state index contributed by atoms with van der Waals surface area (Å²) in [4.78, 5) is 30.9. The fourth-order valence-corrected chi connectivity index (χ4v) is 3.42. The number of carbonyl (C=O) groups excluding carboxylic acids is 2. The fourth-order valence-electron chi connectivity index (χ4n) is 3.42. The van der Waals surface area contributed by atoms with Crippen LogP contribution in [0.2, 0.25) is 0 Å². The molecule has 0 spiro atoms. The summed E-state index contributed by atoms with van der Waals surface area (Å²) in [6.45, 7) is 6.40. The second kappa shape index (κ2) is 8.64. The number of hydrogen-bond donors (Lipinski definition) is 1. The molecular formula is C20H30N4O2. The number of nitrogens with zero attached hydrogens (tertiary/aromatic N) is 3. The summed E-state index contributed by atoms with van der Waals surface area (Å²) in [6.07, 6.45) is 2.24. The Morgan fingerprint density at radius 3 is 2.42 bits per heavy atom. The lowest BCUT2D eigenvalue weighted by Gasteiger charge is -2.38. The quantitative estimate of drug-likeness (QED) is 0.788. The summed E-state index contributed by atoms with van der Waals surface area (Å²) in [5, 5.41) is 3.04. The van der Waals surface area contributed by atoms with Crippen molar-refractivity contribution in [2.24, 2.45) is 0 Å². The Hall–Kier alpha value is -1.92. The van der Waals surface area contributed by atoms with Crippen LogP contribution in [0.5, 0.6) is 0 Å². The summed E-state index contributed by atoms with van der Waals surface area (Å²) >= 11 is 0. The average molecular weight is 358 g/mol. The third kappa shape index (κ3) is 5.29. The second-order valence-electron chi connectivity index (χ2n) is 7.51. The van der Waals surface area contributed by atoms with E-state index in [1.807, 2.05) is 44.3 Å². The Labute approximate surface area is 156 Å². The number of amides is 2. The SMILES string of the molecule is CC(C(=O)N(C)Cc1ccccc1)N1CCN(CC(=O)NC2CC2)CC1. The van der Waals surface area contributed by atoms with Crippen molar-refractivity contribution in [1.82, 2.24) is 20.0 Å². The molecule has 6 nitrogen and oxygen atoms in total. The van der Waals surface area contributed by atoms with Gasteiger partial charge in [-0.3, -0.25) is 19.4 Å². The number of benzene rings is 1. The second-order valence-corrected chi connectivity index (χ2v) is 7.51. The standard InChI is InChI=1S/C20H30N4O2/c1-16(20(26)22(2)14-17-6-4-3-5-7-17)24-12-10-23(11-13-24)15-19(25)21-18-8-9-18/h3-7,16,18H,8-15H2,1-2H3,(H,21,25). The summed E-state index contributed by atoms with van der Waals surface area (Å²) in [5.74, 6) is 0.279. The lowest BCUT2D eigenvalue weighted by atomic mass is 10.1. The van der Waals surface area contributed by atoms with Crippen LogP contribution in [0.3, 0.4) is 0 Å². The third-order valence-corrected chi connectivity index (χ3v) is 5.26. The number of piperazine rings is 1. The van der Waals surface area contributed by atoms with Crippen LogP contribution < -0.4 is 5.32 Å². The molecule has 1 saturated heterocycles. The van der Waals surface area contributed by atoms with Crippen LogP contribution in [0.15, 0.2) is 30.3 Å². The first-order chi connectivity index (χ1) is 12.5. The highest BCUT2D eigenvalue weighted by Crippen LogP contribution is 2.18. The minimum Gasteiger partial charge on any atom is -0.352 e. The lowest BCUT2D eigenvalue weighted by molar-refractivity contribution is -0.136. The summed E-state index contributed by atoms with van der Waals surface area (Å²) in [6, 6.07) is 10.3. The van der Waals surface area contributed by atoms with Crippen LogP contribution in [0.25, 0.3) is 0 Å². The number of nitrogens with one attached hydrogen (secondary N) is 1. The van der Waals surface area contributed by atoms with Gasteiger partial charge in [0.15, 0.2) is 0 Å². The Balaban J connectivity index is 1.42. The minimum absolute atomic E-state index is 0.132. The van der Waals surface area contributed by atoms with Gasteiger partial charge in [-0.05, 0) is 25.3 Å². The molecule has 1 aliphatic heterocycles. The van der Waals surface area contributed by atoms with E-state index in [-0.39, 0.29) is 17.9 Å². The largest absolute Gasteiger partial charge is 0.352 e. The lowest BCUT2D eigenvalue weighted by Crippen LogP contribution is -2.55. The molecule has 1 heterocycles. The van der Waals surface area contributed by atoms with Crippen LogP contribution in [-0.4, -0.2) is 78.4 Å². The number of carbonyl (C=O) groups is 2. The van der Waals surface area contributed by atoms with Crippen molar-refractivity contribution in [2.45, 2.75) is 38.4 Å². The van der Waals surface area contributed by atoms with Crippen LogP contribution in [-0.2, 0) is 16.1 Å². The van der Waals surface area contributed by atoms with E-state index in [0.717, 1.165) is 44.6 Å². The maximum absolute atomic E-state index is 12.7. The van der Waals surface area contributed by atoms with E-state index in [4.69, 9.17) is 0 Å². The molecule has 0 aromatic heterocycles. The smallest absolute Gasteiger partial charge is 0.239 e. The van der Waals surface area contributed by atoms with Crippen molar-refractivity contribution in [3.63, 3.8) is 0 Å². The first-order valence-corrected chi connectivity index (χ1v) is 9.57. The predicted octanol–water partition coefficient (Wildman–Crippen LogP) is 0.930. The van der Waals surface area contributed by atoms with Crippen molar-refractivity contribution in [2.75, 3.05) is 39.8 Å². The molecule has 142 valence electrons. The highest BCUT2D eigenvalue weighted by Gasteiger charge is 2.29. The molecule has 2 fully saturated rings. The molecule has 26 heavy (non-hydrogen) atoms. The maximum atomic E-state index is 12.7. The van der Waals surface area contributed by atoms with E-state index in [9.17, 15) is 9.59 Å². The first-order valence-electron chi connectivity index (χ1n) is 9.57. The fraction of sp³-hybridized carbons (Fsp3) is 0.600. The van der Waals surface area contributed by atoms with E-state index in [1.165, 1.54) is 0 Å². The summed E-state index contributed by atoms with van der Waals surface area (Å²) in [7, 11) is 1.87. The van der Waals surface area contributed by atoms with Gasteiger partial charge in [0.1, 0.15) is 0 Å². The van der Waals surface area contributed by atoms with Gasteiger partial charge in [-0.15, -0.1) is 0 Å². The Kier molecular flexibility index (Phi) is 6.27. The van der Waals surface area contributed by atoms with Gasteiger partial charge in [0.2, 0.25) is 11.8 Å². The highest BCUT2D eigenvalue weighted by molar-refractivity contribution is 5.81. The van der Waals surface area contributed by atoms with Crippen molar-refractivity contribution in [3.8, 4) is 0 Å². The van der Waals surface area contributed by atoms with E-state index in [0.29, 0.717) is 19.1 Å². The van der Waals surface area contributed by atoms with E-state index >= 15 is 0 Å². The van der Waals surface area contributed by atoms with E-state index < -0.39 is 0 Å². The van der Waals surface area contributed by atoms with E-state index in [1.54, 1.807) is 4.90 Å². The highest BCUT2D eigenvalue weighted by atomic mass is 16.2. The predicted molar refractivity (Wildman–Crippen MR) is 102 cm³/mol. The molecule has 1 aromatic carbocycles. The average Bonchev–Trinajstić information content (AvgIpc) is 3.45. The molecule has 1 aliphatic carbocycles. The molecule has 1 aromatic rings. The van der Waals surface area contributed by atoms with Gasteiger partial charge in [0, 0.05) is 45.8 Å². The van der Waals surface area contributed by atoms with Gasteiger partial charge in [-0.2, -0.15) is 0 Å². The van der Waals surface area contributed by atoms with Gasteiger partial charge in [-0.1, -0.05) is 30.3 Å². The Bertz CT molecular complexity index is 609. The molecule has 2 aliphatic rings. The van der Waals surface area contributed by atoms with Crippen molar-refractivity contribution >= 4 is 11.8 Å². The van der Waals surface area contributed by atoms with Gasteiger partial charge < -0.3 is 10.2 Å². The van der Waals surface area contributed by atoms with Crippen LogP contribution in [0.1, 0.15) is 25.3 Å². The number of likely N-dealkylation sites (N-methyl/N-ethyl adjacent to an activating group) is 1. The maximum Gasteiger partial charge on any atom is 0.239 e. The Morgan fingerprint density at radius 2 is 1.81 bits per heavy atom. The van der Waals surface area contributed by atoms with Gasteiger partial charge in [0.05, 0.1) is 12.6 Å². The zero-order valence-corrected chi connectivity index (χ0v) is 15.9. The number of hydrogen-bond acceptors (Lipinski definition) is 4.